The van der Waals surface area contributed by atoms with Crippen molar-refractivity contribution in [1.29, 1.82) is 0 Å². The average molecular weight is 419 g/mol. The second-order valence-corrected chi connectivity index (χ2v) is 7.90. The number of halogens is 2. The number of amides is 1. The van der Waals surface area contributed by atoms with Gasteiger partial charge in [-0.1, -0.05) is 41.4 Å². The second-order valence-electron chi connectivity index (χ2n) is 7.05. The summed E-state index contributed by atoms with van der Waals surface area (Å²) in [6.45, 7) is 1.37. The van der Waals surface area contributed by atoms with Crippen LogP contribution in [0, 0.1) is 0 Å². The predicted octanol–water partition coefficient (Wildman–Crippen LogP) is 4.54. The average Bonchev–Trinajstić information content (AvgIpc) is 3.08. The fourth-order valence-electron chi connectivity index (χ4n) is 3.12. The maximum atomic E-state index is 12.6. The molecule has 148 valence electrons. The smallest absolute Gasteiger partial charge is 0.222 e. The van der Waals surface area contributed by atoms with E-state index in [1.165, 1.54) is 0 Å². The SMILES string of the molecule is CN(C)CCC(NC(=O)CCn1ncc2c(Cl)cccc21)c1ccc(Cl)cc1. The monoisotopic (exact) mass is 418 g/mol. The van der Waals surface area contributed by atoms with Crippen molar-refractivity contribution in [1.82, 2.24) is 20.0 Å². The van der Waals surface area contributed by atoms with Crippen LogP contribution in [-0.2, 0) is 11.3 Å². The van der Waals surface area contributed by atoms with Gasteiger partial charge in [0.15, 0.2) is 0 Å². The number of fused-ring (bicyclic) bond motifs is 1. The number of rotatable bonds is 8. The highest BCUT2D eigenvalue weighted by atomic mass is 35.5. The van der Waals surface area contributed by atoms with Crippen molar-refractivity contribution < 1.29 is 4.79 Å². The summed E-state index contributed by atoms with van der Waals surface area (Å²) in [5.74, 6) is -0.00983. The minimum absolute atomic E-state index is 0.00983. The Balaban J connectivity index is 1.65. The molecule has 0 aliphatic heterocycles. The van der Waals surface area contributed by atoms with Crippen LogP contribution in [0.25, 0.3) is 10.9 Å². The minimum Gasteiger partial charge on any atom is -0.349 e. The Labute approximate surface area is 175 Å². The summed E-state index contributed by atoms with van der Waals surface area (Å²) in [5, 5.41) is 9.77. The molecule has 1 unspecified atom stereocenters. The predicted molar refractivity (Wildman–Crippen MR) is 115 cm³/mol. The first-order valence-electron chi connectivity index (χ1n) is 9.23. The van der Waals surface area contributed by atoms with Crippen molar-refractivity contribution in [3.05, 3.63) is 64.3 Å². The van der Waals surface area contributed by atoms with Gasteiger partial charge in [0.2, 0.25) is 5.91 Å². The molecule has 0 aliphatic rings. The van der Waals surface area contributed by atoms with E-state index in [0.717, 1.165) is 29.4 Å². The molecule has 0 spiro atoms. The lowest BCUT2D eigenvalue weighted by Gasteiger charge is -2.21. The highest BCUT2D eigenvalue weighted by Gasteiger charge is 2.16. The molecule has 0 aliphatic carbocycles. The van der Waals surface area contributed by atoms with E-state index < -0.39 is 0 Å². The summed E-state index contributed by atoms with van der Waals surface area (Å²) in [4.78, 5) is 14.7. The number of nitrogens with zero attached hydrogens (tertiary/aromatic N) is 3. The van der Waals surface area contributed by atoms with Crippen LogP contribution in [0.5, 0.6) is 0 Å². The quantitative estimate of drug-likeness (QED) is 0.583. The lowest BCUT2D eigenvalue weighted by Crippen LogP contribution is -2.31. The molecule has 1 heterocycles. The molecule has 7 heteroatoms. The van der Waals surface area contributed by atoms with E-state index in [-0.39, 0.29) is 11.9 Å². The van der Waals surface area contributed by atoms with Gasteiger partial charge in [-0.3, -0.25) is 9.48 Å². The Morgan fingerprint density at radius 3 is 2.64 bits per heavy atom. The van der Waals surface area contributed by atoms with Crippen molar-refractivity contribution in [2.24, 2.45) is 0 Å². The van der Waals surface area contributed by atoms with Crippen LogP contribution < -0.4 is 5.32 Å². The van der Waals surface area contributed by atoms with Crippen LogP contribution in [0.4, 0.5) is 0 Å². The number of benzene rings is 2. The highest BCUT2D eigenvalue weighted by Crippen LogP contribution is 2.23. The van der Waals surface area contributed by atoms with Crippen LogP contribution >= 0.6 is 23.2 Å². The summed E-state index contributed by atoms with van der Waals surface area (Å²) in [6.07, 6.45) is 2.90. The van der Waals surface area contributed by atoms with Crippen molar-refractivity contribution >= 4 is 40.0 Å². The van der Waals surface area contributed by atoms with Gasteiger partial charge in [-0.05, 0) is 56.9 Å². The van der Waals surface area contributed by atoms with Gasteiger partial charge in [0.25, 0.3) is 0 Å². The summed E-state index contributed by atoms with van der Waals surface area (Å²) < 4.78 is 1.82. The van der Waals surface area contributed by atoms with Crippen molar-refractivity contribution in [2.75, 3.05) is 20.6 Å². The molecule has 1 amide bonds. The van der Waals surface area contributed by atoms with Gasteiger partial charge < -0.3 is 10.2 Å². The van der Waals surface area contributed by atoms with E-state index in [9.17, 15) is 4.79 Å². The maximum Gasteiger partial charge on any atom is 0.222 e. The topological polar surface area (TPSA) is 50.2 Å². The Morgan fingerprint density at radius 1 is 1.18 bits per heavy atom. The minimum atomic E-state index is -0.0593. The van der Waals surface area contributed by atoms with Gasteiger partial charge >= 0.3 is 0 Å². The third kappa shape index (κ3) is 5.25. The number of aryl methyl sites for hydroxylation is 1. The molecular formula is C21H24Cl2N4O. The van der Waals surface area contributed by atoms with E-state index >= 15 is 0 Å². The van der Waals surface area contributed by atoms with E-state index in [1.807, 2.05) is 61.2 Å². The Kier molecular flexibility index (Phi) is 6.94. The lowest BCUT2D eigenvalue weighted by molar-refractivity contribution is -0.122. The molecule has 1 N–H and O–H groups in total. The van der Waals surface area contributed by atoms with Crippen molar-refractivity contribution in [2.45, 2.75) is 25.4 Å². The third-order valence-corrected chi connectivity index (χ3v) is 5.24. The first-order chi connectivity index (χ1) is 13.4. The lowest BCUT2D eigenvalue weighted by atomic mass is 10.0. The Bertz CT molecular complexity index is 937. The van der Waals surface area contributed by atoms with Gasteiger partial charge in [-0.2, -0.15) is 5.10 Å². The summed E-state index contributed by atoms with van der Waals surface area (Å²) in [6, 6.07) is 13.3. The van der Waals surface area contributed by atoms with Gasteiger partial charge in [-0.15, -0.1) is 0 Å². The summed E-state index contributed by atoms with van der Waals surface area (Å²) >= 11 is 12.2. The van der Waals surface area contributed by atoms with Crippen LogP contribution in [0.15, 0.2) is 48.7 Å². The maximum absolute atomic E-state index is 12.6. The van der Waals surface area contributed by atoms with E-state index in [0.29, 0.717) is 23.0 Å². The highest BCUT2D eigenvalue weighted by molar-refractivity contribution is 6.35. The van der Waals surface area contributed by atoms with Gasteiger partial charge in [0, 0.05) is 16.8 Å². The molecule has 3 aromatic rings. The normalized spacial score (nSPS) is 12.5. The standard InChI is InChI=1S/C21H24Cl2N4O/c1-26(2)12-10-19(15-6-8-16(22)9-7-15)25-21(28)11-13-27-20-5-3-4-18(23)17(20)14-24-27/h3-9,14,19H,10-13H2,1-2H3,(H,25,28). The number of hydrogen-bond donors (Lipinski definition) is 1. The molecular weight excluding hydrogens is 395 g/mol. The van der Waals surface area contributed by atoms with Gasteiger partial charge in [0.1, 0.15) is 0 Å². The summed E-state index contributed by atoms with van der Waals surface area (Å²) in [7, 11) is 4.05. The molecule has 0 bridgehead atoms. The van der Waals surface area contributed by atoms with Crippen LogP contribution in [0.2, 0.25) is 10.0 Å². The molecule has 0 radical (unpaired) electrons. The van der Waals surface area contributed by atoms with E-state index in [4.69, 9.17) is 23.2 Å². The van der Waals surface area contributed by atoms with Crippen molar-refractivity contribution in [3.63, 3.8) is 0 Å². The number of hydrogen-bond acceptors (Lipinski definition) is 3. The van der Waals surface area contributed by atoms with Crippen molar-refractivity contribution in [3.8, 4) is 0 Å². The molecule has 3 rings (SSSR count). The number of carbonyl (C=O) groups excluding carboxylic acids is 1. The largest absolute Gasteiger partial charge is 0.349 e. The molecule has 5 nitrogen and oxygen atoms in total. The first kappa shape index (κ1) is 20.6. The zero-order valence-electron chi connectivity index (χ0n) is 16.0. The molecule has 0 saturated carbocycles. The zero-order chi connectivity index (χ0) is 20.1. The van der Waals surface area contributed by atoms with Crippen LogP contribution in [-0.4, -0.2) is 41.2 Å². The molecule has 2 aromatic carbocycles. The number of aromatic nitrogens is 2. The molecule has 1 atom stereocenters. The van der Waals surface area contributed by atoms with Gasteiger partial charge in [-0.25, -0.2) is 0 Å². The Morgan fingerprint density at radius 2 is 1.93 bits per heavy atom. The zero-order valence-corrected chi connectivity index (χ0v) is 17.5. The third-order valence-electron chi connectivity index (χ3n) is 4.66. The second kappa shape index (κ2) is 9.41. The van der Waals surface area contributed by atoms with Gasteiger partial charge in [0.05, 0.1) is 29.3 Å². The summed E-state index contributed by atoms with van der Waals surface area (Å²) in [5.41, 5.74) is 1.98. The first-order valence-corrected chi connectivity index (χ1v) is 9.99. The molecule has 28 heavy (non-hydrogen) atoms. The Hall–Kier alpha value is -2.08. The van der Waals surface area contributed by atoms with Crippen LogP contribution in [0.3, 0.4) is 0 Å². The number of carbonyl (C=O) groups is 1. The fraction of sp³-hybridized carbons (Fsp3) is 0.333. The van der Waals surface area contributed by atoms with E-state index in [2.05, 4.69) is 15.3 Å². The van der Waals surface area contributed by atoms with E-state index in [1.54, 1.807) is 6.20 Å². The van der Waals surface area contributed by atoms with Crippen LogP contribution in [0.1, 0.15) is 24.4 Å². The fourth-order valence-corrected chi connectivity index (χ4v) is 3.47. The molecule has 1 aromatic heterocycles. The number of nitrogens with one attached hydrogen (secondary N) is 1. The molecule has 0 saturated heterocycles. The molecule has 0 fully saturated rings.